The van der Waals surface area contributed by atoms with Crippen molar-refractivity contribution in [3.05, 3.63) is 51.5 Å². The SMILES string of the molecule is CCNC(c1ccc(C)s1)c1cnccc1C. The summed E-state index contributed by atoms with van der Waals surface area (Å²) in [5.41, 5.74) is 2.56. The van der Waals surface area contributed by atoms with E-state index in [0.29, 0.717) is 0 Å². The first-order valence-electron chi connectivity index (χ1n) is 5.92. The largest absolute Gasteiger partial charge is 0.306 e. The summed E-state index contributed by atoms with van der Waals surface area (Å²) in [5.74, 6) is 0. The van der Waals surface area contributed by atoms with Crippen molar-refractivity contribution in [1.29, 1.82) is 0 Å². The fourth-order valence-electron chi connectivity index (χ4n) is 1.95. The summed E-state index contributed by atoms with van der Waals surface area (Å²) in [6.07, 6.45) is 3.82. The van der Waals surface area contributed by atoms with Crippen LogP contribution in [0.1, 0.15) is 33.8 Å². The number of aromatic nitrogens is 1. The van der Waals surface area contributed by atoms with Crippen molar-refractivity contribution in [1.82, 2.24) is 10.3 Å². The third kappa shape index (κ3) is 2.73. The minimum atomic E-state index is 0.271. The highest BCUT2D eigenvalue weighted by Crippen LogP contribution is 2.29. The molecule has 2 heterocycles. The van der Waals surface area contributed by atoms with Crippen LogP contribution in [0.2, 0.25) is 0 Å². The molecule has 0 radical (unpaired) electrons. The molecule has 90 valence electrons. The van der Waals surface area contributed by atoms with Gasteiger partial charge in [0.1, 0.15) is 0 Å². The predicted octanol–water partition coefficient (Wildman–Crippen LogP) is 3.46. The molecule has 0 aliphatic rings. The second kappa shape index (κ2) is 5.43. The van der Waals surface area contributed by atoms with Crippen molar-refractivity contribution < 1.29 is 0 Å². The topological polar surface area (TPSA) is 24.9 Å². The summed E-state index contributed by atoms with van der Waals surface area (Å²) >= 11 is 1.85. The van der Waals surface area contributed by atoms with Gasteiger partial charge in [-0.3, -0.25) is 4.98 Å². The standard InChI is InChI=1S/C14H18N2S/c1-4-16-14(13-6-5-11(3)17-13)12-9-15-8-7-10(12)2/h5-9,14,16H,4H2,1-3H3. The summed E-state index contributed by atoms with van der Waals surface area (Å²) in [6, 6.07) is 6.73. The van der Waals surface area contributed by atoms with E-state index in [9.17, 15) is 0 Å². The zero-order chi connectivity index (χ0) is 12.3. The lowest BCUT2D eigenvalue weighted by Crippen LogP contribution is -2.22. The molecule has 2 nitrogen and oxygen atoms in total. The molecule has 1 N–H and O–H groups in total. The average molecular weight is 246 g/mol. The Labute approximate surface area is 107 Å². The van der Waals surface area contributed by atoms with Gasteiger partial charge in [-0.25, -0.2) is 0 Å². The Bertz CT molecular complexity index is 490. The molecular weight excluding hydrogens is 228 g/mol. The minimum Gasteiger partial charge on any atom is -0.306 e. The third-order valence-electron chi connectivity index (χ3n) is 2.84. The molecule has 0 aliphatic carbocycles. The van der Waals surface area contributed by atoms with Gasteiger partial charge in [-0.1, -0.05) is 6.92 Å². The zero-order valence-electron chi connectivity index (χ0n) is 10.5. The summed E-state index contributed by atoms with van der Waals surface area (Å²) in [4.78, 5) is 6.96. The maximum atomic E-state index is 4.25. The van der Waals surface area contributed by atoms with Crippen molar-refractivity contribution in [3.8, 4) is 0 Å². The first kappa shape index (κ1) is 12.3. The minimum absolute atomic E-state index is 0.271. The fraction of sp³-hybridized carbons (Fsp3) is 0.357. The molecule has 0 aliphatic heterocycles. The van der Waals surface area contributed by atoms with Crippen molar-refractivity contribution in [2.45, 2.75) is 26.8 Å². The van der Waals surface area contributed by atoms with E-state index in [1.54, 1.807) is 0 Å². The van der Waals surface area contributed by atoms with Gasteiger partial charge in [-0.15, -0.1) is 11.3 Å². The van der Waals surface area contributed by atoms with E-state index in [1.165, 1.54) is 20.9 Å². The number of hydrogen-bond donors (Lipinski definition) is 1. The van der Waals surface area contributed by atoms with E-state index in [4.69, 9.17) is 0 Å². The van der Waals surface area contributed by atoms with Crippen LogP contribution in [0, 0.1) is 13.8 Å². The maximum Gasteiger partial charge on any atom is 0.0688 e. The monoisotopic (exact) mass is 246 g/mol. The quantitative estimate of drug-likeness (QED) is 0.893. The lowest BCUT2D eigenvalue weighted by molar-refractivity contribution is 0.634. The normalized spacial score (nSPS) is 12.6. The highest BCUT2D eigenvalue weighted by atomic mass is 32.1. The van der Waals surface area contributed by atoms with Crippen LogP contribution in [0.3, 0.4) is 0 Å². The van der Waals surface area contributed by atoms with Gasteiger partial charge in [0.15, 0.2) is 0 Å². The van der Waals surface area contributed by atoms with Gasteiger partial charge in [-0.2, -0.15) is 0 Å². The van der Waals surface area contributed by atoms with Gasteiger partial charge in [0, 0.05) is 22.1 Å². The Morgan fingerprint density at radius 2 is 2.12 bits per heavy atom. The van der Waals surface area contributed by atoms with Crippen molar-refractivity contribution in [2.75, 3.05) is 6.54 Å². The molecule has 0 aromatic carbocycles. The molecule has 0 spiro atoms. The molecular formula is C14H18N2S. The molecule has 2 rings (SSSR count). The molecule has 1 atom stereocenters. The first-order chi connectivity index (χ1) is 8.22. The van der Waals surface area contributed by atoms with Crippen LogP contribution in [0.5, 0.6) is 0 Å². The molecule has 2 aromatic rings. The third-order valence-corrected chi connectivity index (χ3v) is 3.91. The molecule has 2 aromatic heterocycles. The van der Waals surface area contributed by atoms with Crippen LogP contribution in [-0.4, -0.2) is 11.5 Å². The van der Waals surface area contributed by atoms with Crippen molar-refractivity contribution >= 4 is 11.3 Å². The number of hydrogen-bond acceptors (Lipinski definition) is 3. The number of nitrogens with one attached hydrogen (secondary N) is 1. The molecule has 0 saturated carbocycles. The first-order valence-corrected chi connectivity index (χ1v) is 6.74. The predicted molar refractivity (Wildman–Crippen MR) is 73.5 cm³/mol. The van der Waals surface area contributed by atoms with E-state index in [2.05, 4.69) is 49.3 Å². The Hall–Kier alpha value is -1.19. The molecule has 0 saturated heterocycles. The summed E-state index contributed by atoms with van der Waals surface area (Å²) in [7, 11) is 0. The summed E-state index contributed by atoms with van der Waals surface area (Å²) in [6.45, 7) is 7.38. The van der Waals surface area contributed by atoms with E-state index in [0.717, 1.165) is 6.54 Å². The number of aryl methyl sites for hydroxylation is 2. The van der Waals surface area contributed by atoms with Crippen LogP contribution in [0.4, 0.5) is 0 Å². The Balaban J connectivity index is 2.39. The van der Waals surface area contributed by atoms with Gasteiger partial charge >= 0.3 is 0 Å². The smallest absolute Gasteiger partial charge is 0.0688 e. The molecule has 0 amide bonds. The van der Waals surface area contributed by atoms with Gasteiger partial charge < -0.3 is 5.32 Å². The molecule has 17 heavy (non-hydrogen) atoms. The van der Waals surface area contributed by atoms with Crippen LogP contribution in [-0.2, 0) is 0 Å². The Kier molecular flexibility index (Phi) is 3.92. The van der Waals surface area contributed by atoms with E-state index in [-0.39, 0.29) is 6.04 Å². The van der Waals surface area contributed by atoms with Gasteiger partial charge in [0.2, 0.25) is 0 Å². The second-order valence-electron chi connectivity index (χ2n) is 4.17. The second-order valence-corrected chi connectivity index (χ2v) is 5.49. The van der Waals surface area contributed by atoms with Gasteiger partial charge in [0.25, 0.3) is 0 Å². The number of pyridine rings is 1. The zero-order valence-corrected chi connectivity index (χ0v) is 11.3. The molecule has 0 bridgehead atoms. The summed E-state index contributed by atoms with van der Waals surface area (Å²) in [5, 5.41) is 3.54. The number of thiophene rings is 1. The summed E-state index contributed by atoms with van der Waals surface area (Å²) < 4.78 is 0. The lowest BCUT2D eigenvalue weighted by Gasteiger charge is -2.18. The van der Waals surface area contributed by atoms with Gasteiger partial charge in [0.05, 0.1) is 6.04 Å². The van der Waals surface area contributed by atoms with E-state index < -0.39 is 0 Å². The van der Waals surface area contributed by atoms with Crippen LogP contribution in [0.15, 0.2) is 30.6 Å². The van der Waals surface area contributed by atoms with Gasteiger partial charge in [-0.05, 0) is 49.7 Å². The Morgan fingerprint density at radius 1 is 1.29 bits per heavy atom. The molecule has 3 heteroatoms. The number of rotatable bonds is 4. The maximum absolute atomic E-state index is 4.25. The van der Waals surface area contributed by atoms with E-state index >= 15 is 0 Å². The number of nitrogens with zero attached hydrogens (tertiary/aromatic N) is 1. The highest BCUT2D eigenvalue weighted by molar-refractivity contribution is 7.12. The van der Waals surface area contributed by atoms with Crippen molar-refractivity contribution in [2.24, 2.45) is 0 Å². The molecule has 0 fully saturated rings. The van der Waals surface area contributed by atoms with Crippen LogP contribution >= 0.6 is 11.3 Å². The van der Waals surface area contributed by atoms with E-state index in [1.807, 2.05) is 23.7 Å². The van der Waals surface area contributed by atoms with Crippen LogP contribution < -0.4 is 5.32 Å². The van der Waals surface area contributed by atoms with Crippen LogP contribution in [0.25, 0.3) is 0 Å². The Morgan fingerprint density at radius 3 is 2.71 bits per heavy atom. The average Bonchev–Trinajstić information content (AvgIpc) is 2.74. The van der Waals surface area contributed by atoms with Crippen molar-refractivity contribution in [3.63, 3.8) is 0 Å². The highest BCUT2D eigenvalue weighted by Gasteiger charge is 2.16. The lowest BCUT2D eigenvalue weighted by atomic mass is 10.0. The molecule has 1 unspecified atom stereocenters. The fourth-order valence-corrected chi connectivity index (χ4v) is 2.93.